The Labute approximate surface area is 132 Å². The van der Waals surface area contributed by atoms with Crippen molar-refractivity contribution in [3.63, 3.8) is 0 Å². The molecule has 0 amide bonds. The van der Waals surface area contributed by atoms with Crippen molar-refractivity contribution in [2.75, 3.05) is 0 Å². The molecule has 3 aromatic rings. The molecule has 2 heteroatoms. The van der Waals surface area contributed by atoms with Gasteiger partial charge in [0.1, 0.15) is 12.4 Å². The van der Waals surface area contributed by atoms with Gasteiger partial charge in [-0.3, -0.25) is 0 Å². The molecule has 2 nitrogen and oxygen atoms in total. The molecule has 0 fully saturated rings. The van der Waals surface area contributed by atoms with E-state index in [0.717, 1.165) is 19.5 Å². The second kappa shape index (κ2) is 7.08. The molecular formula is C20H23N2+. The maximum Gasteiger partial charge on any atom is 0.243 e. The minimum Gasteiger partial charge on any atom is -0.237 e. The minimum atomic E-state index is 0.487. The molecule has 22 heavy (non-hydrogen) atoms. The van der Waals surface area contributed by atoms with Crippen molar-refractivity contribution in [1.29, 1.82) is 0 Å². The molecule has 1 unspecified atom stereocenters. The maximum absolute atomic E-state index is 2.30. The molecule has 0 aliphatic carbocycles. The molecule has 0 aliphatic heterocycles. The SMILES string of the molecule is CCn1cc[n+](CC(Cc2ccccc2)c2ccccc2)c1. The predicted molar refractivity (Wildman–Crippen MR) is 89.6 cm³/mol. The molecule has 2 aromatic carbocycles. The average Bonchev–Trinajstić information content (AvgIpc) is 3.04. The van der Waals surface area contributed by atoms with Crippen LogP contribution < -0.4 is 4.57 Å². The second-order valence-corrected chi connectivity index (χ2v) is 5.74. The summed E-state index contributed by atoms with van der Waals surface area (Å²) in [6.45, 7) is 4.19. The van der Waals surface area contributed by atoms with Crippen molar-refractivity contribution in [1.82, 2.24) is 4.57 Å². The molecule has 0 bridgehead atoms. The molecule has 0 saturated carbocycles. The molecule has 112 valence electrons. The zero-order valence-electron chi connectivity index (χ0n) is 13.1. The Hall–Kier alpha value is -2.35. The number of benzene rings is 2. The minimum absolute atomic E-state index is 0.487. The third kappa shape index (κ3) is 3.64. The van der Waals surface area contributed by atoms with E-state index in [0.29, 0.717) is 5.92 Å². The summed E-state index contributed by atoms with van der Waals surface area (Å²) in [4.78, 5) is 0. The average molecular weight is 291 g/mol. The normalized spacial score (nSPS) is 12.2. The number of hydrogen-bond donors (Lipinski definition) is 0. The van der Waals surface area contributed by atoms with E-state index >= 15 is 0 Å². The Kier molecular flexibility index (Phi) is 4.69. The molecule has 3 rings (SSSR count). The van der Waals surface area contributed by atoms with Crippen molar-refractivity contribution >= 4 is 0 Å². The molecule has 0 saturated heterocycles. The van der Waals surface area contributed by atoms with Crippen LogP contribution in [0, 0.1) is 0 Å². The fourth-order valence-electron chi connectivity index (χ4n) is 2.90. The van der Waals surface area contributed by atoms with Gasteiger partial charge >= 0.3 is 0 Å². The molecule has 0 spiro atoms. The van der Waals surface area contributed by atoms with E-state index in [9.17, 15) is 0 Å². The summed E-state index contributed by atoms with van der Waals surface area (Å²) in [5, 5.41) is 0. The Bertz CT molecular complexity index is 686. The monoisotopic (exact) mass is 291 g/mol. The first-order chi connectivity index (χ1) is 10.8. The number of imidazole rings is 1. The first kappa shape index (κ1) is 14.6. The van der Waals surface area contributed by atoms with Gasteiger partial charge in [0.05, 0.1) is 13.1 Å². The first-order valence-electron chi connectivity index (χ1n) is 7.99. The molecule has 0 aliphatic rings. The number of hydrogen-bond acceptors (Lipinski definition) is 0. The Morgan fingerprint density at radius 1 is 0.955 bits per heavy atom. The fourth-order valence-corrected chi connectivity index (χ4v) is 2.90. The van der Waals surface area contributed by atoms with Crippen molar-refractivity contribution in [2.24, 2.45) is 0 Å². The lowest BCUT2D eigenvalue weighted by Gasteiger charge is -2.15. The summed E-state index contributed by atoms with van der Waals surface area (Å²) in [5.41, 5.74) is 2.80. The Balaban J connectivity index is 1.82. The smallest absolute Gasteiger partial charge is 0.237 e. The highest BCUT2D eigenvalue weighted by molar-refractivity contribution is 5.23. The van der Waals surface area contributed by atoms with Gasteiger partial charge in [-0.1, -0.05) is 60.7 Å². The van der Waals surface area contributed by atoms with Crippen molar-refractivity contribution in [3.05, 3.63) is 90.5 Å². The highest BCUT2D eigenvalue weighted by Crippen LogP contribution is 2.21. The van der Waals surface area contributed by atoms with E-state index in [4.69, 9.17) is 0 Å². The Morgan fingerprint density at radius 2 is 1.64 bits per heavy atom. The zero-order chi connectivity index (χ0) is 15.2. The highest BCUT2D eigenvalue weighted by Gasteiger charge is 2.16. The van der Waals surface area contributed by atoms with Crippen LogP contribution in [0.15, 0.2) is 79.4 Å². The van der Waals surface area contributed by atoms with Gasteiger partial charge in [-0.2, -0.15) is 0 Å². The largest absolute Gasteiger partial charge is 0.243 e. The summed E-state index contributed by atoms with van der Waals surface area (Å²) < 4.78 is 4.51. The lowest BCUT2D eigenvalue weighted by atomic mass is 9.92. The predicted octanol–water partition coefficient (Wildman–Crippen LogP) is 3.82. The van der Waals surface area contributed by atoms with Crippen LogP contribution in [-0.4, -0.2) is 4.57 Å². The highest BCUT2D eigenvalue weighted by atomic mass is 15.1. The number of nitrogens with zero attached hydrogens (tertiary/aromatic N) is 2. The van der Waals surface area contributed by atoms with Crippen LogP contribution in [-0.2, 0) is 19.5 Å². The van der Waals surface area contributed by atoms with Crippen LogP contribution in [0.1, 0.15) is 24.0 Å². The van der Waals surface area contributed by atoms with E-state index in [1.807, 2.05) is 0 Å². The Morgan fingerprint density at radius 3 is 2.27 bits per heavy atom. The van der Waals surface area contributed by atoms with Gasteiger partial charge in [0.2, 0.25) is 6.33 Å². The summed E-state index contributed by atoms with van der Waals surface area (Å²) in [5.74, 6) is 0.487. The van der Waals surface area contributed by atoms with Crippen LogP contribution in [0.4, 0.5) is 0 Å². The molecular weight excluding hydrogens is 268 g/mol. The summed E-state index contributed by atoms with van der Waals surface area (Å²) in [6.07, 6.45) is 7.57. The lowest BCUT2D eigenvalue weighted by Crippen LogP contribution is -2.35. The lowest BCUT2D eigenvalue weighted by molar-refractivity contribution is -0.699. The fraction of sp³-hybridized carbons (Fsp3) is 0.250. The van der Waals surface area contributed by atoms with E-state index in [2.05, 4.69) is 95.4 Å². The van der Waals surface area contributed by atoms with Crippen LogP contribution in [0.5, 0.6) is 0 Å². The van der Waals surface area contributed by atoms with Gasteiger partial charge in [-0.05, 0) is 24.5 Å². The van der Waals surface area contributed by atoms with Gasteiger partial charge in [0.25, 0.3) is 0 Å². The van der Waals surface area contributed by atoms with Gasteiger partial charge in [-0.15, -0.1) is 0 Å². The van der Waals surface area contributed by atoms with E-state index < -0.39 is 0 Å². The number of rotatable bonds is 6. The summed E-state index contributed by atoms with van der Waals surface area (Å²) in [7, 11) is 0. The van der Waals surface area contributed by atoms with Crippen LogP contribution in [0.3, 0.4) is 0 Å². The third-order valence-corrected chi connectivity index (χ3v) is 4.14. The van der Waals surface area contributed by atoms with Crippen molar-refractivity contribution in [3.8, 4) is 0 Å². The van der Waals surface area contributed by atoms with Crippen LogP contribution in [0.25, 0.3) is 0 Å². The molecule has 0 radical (unpaired) electrons. The number of aromatic nitrogens is 2. The van der Waals surface area contributed by atoms with Crippen molar-refractivity contribution < 1.29 is 4.57 Å². The molecule has 0 N–H and O–H groups in total. The van der Waals surface area contributed by atoms with Gasteiger partial charge in [0.15, 0.2) is 0 Å². The molecule has 1 heterocycles. The van der Waals surface area contributed by atoms with Crippen LogP contribution in [0.2, 0.25) is 0 Å². The van der Waals surface area contributed by atoms with Gasteiger partial charge in [0, 0.05) is 5.92 Å². The zero-order valence-corrected chi connectivity index (χ0v) is 13.1. The second-order valence-electron chi connectivity index (χ2n) is 5.74. The van der Waals surface area contributed by atoms with E-state index in [1.54, 1.807) is 0 Å². The molecule has 1 aromatic heterocycles. The van der Waals surface area contributed by atoms with Gasteiger partial charge in [-0.25, -0.2) is 9.13 Å². The standard InChI is InChI=1S/C20H23N2/c1-2-21-13-14-22(17-21)16-20(19-11-7-4-8-12-19)15-18-9-5-3-6-10-18/h3-14,17,20H,2,15-16H2,1H3/q+1. The van der Waals surface area contributed by atoms with Crippen LogP contribution >= 0.6 is 0 Å². The topological polar surface area (TPSA) is 8.81 Å². The summed E-state index contributed by atoms with van der Waals surface area (Å²) in [6, 6.07) is 21.6. The van der Waals surface area contributed by atoms with E-state index in [1.165, 1.54) is 11.1 Å². The van der Waals surface area contributed by atoms with Gasteiger partial charge < -0.3 is 0 Å². The maximum atomic E-state index is 2.30. The number of aryl methyl sites for hydroxylation is 1. The quantitative estimate of drug-likeness (QED) is 0.611. The third-order valence-electron chi connectivity index (χ3n) is 4.14. The summed E-state index contributed by atoms with van der Waals surface area (Å²) >= 11 is 0. The van der Waals surface area contributed by atoms with E-state index in [-0.39, 0.29) is 0 Å². The first-order valence-corrected chi connectivity index (χ1v) is 7.99. The molecule has 1 atom stereocenters. The van der Waals surface area contributed by atoms with Crippen molar-refractivity contribution in [2.45, 2.75) is 32.4 Å².